The Balaban J connectivity index is 2.62. The second kappa shape index (κ2) is 8.74. The van der Waals surface area contributed by atoms with Gasteiger partial charge in [0.25, 0.3) is 0 Å². The number of benzene rings is 1. The lowest BCUT2D eigenvalue weighted by Gasteiger charge is -2.20. The Morgan fingerprint density at radius 2 is 1.85 bits per heavy atom. The van der Waals surface area contributed by atoms with E-state index in [0.29, 0.717) is 31.1 Å². The lowest BCUT2D eigenvalue weighted by Crippen LogP contribution is -2.34. The van der Waals surface area contributed by atoms with E-state index >= 15 is 0 Å². The molecule has 0 saturated heterocycles. The summed E-state index contributed by atoms with van der Waals surface area (Å²) in [7, 11) is -1.71. The zero-order chi connectivity index (χ0) is 15.0. The van der Waals surface area contributed by atoms with Gasteiger partial charge in [0.2, 0.25) is 0 Å². The molecule has 20 heavy (non-hydrogen) atoms. The van der Waals surface area contributed by atoms with Crippen LogP contribution in [0.5, 0.6) is 0 Å². The van der Waals surface area contributed by atoms with Crippen molar-refractivity contribution in [3.8, 4) is 0 Å². The summed E-state index contributed by atoms with van der Waals surface area (Å²) in [5.41, 5.74) is 0. The van der Waals surface area contributed by atoms with Gasteiger partial charge >= 0.3 is 0 Å². The van der Waals surface area contributed by atoms with Gasteiger partial charge in [-0.2, -0.15) is 0 Å². The number of rotatable bonds is 9. The Hall–Kier alpha value is -0.470. The maximum atomic E-state index is 12.2. The highest BCUT2D eigenvalue weighted by molar-refractivity contribution is 9.10. The molecule has 0 aliphatic carbocycles. The van der Waals surface area contributed by atoms with Gasteiger partial charge in [-0.25, -0.2) is 8.42 Å². The fourth-order valence-electron chi connectivity index (χ4n) is 1.71. The standard InChI is InChI=1S/C13H20BrNO4S/c1-19-10-7-15(6-9-16)8-11-20(17,18)13-4-2-12(14)3-5-13/h2-5,16H,6-11H2,1H3. The molecule has 0 aromatic heterocycles. The van der Waals surface area contributed by atoms with Crippen LogP contribution in [-0.4, -0.2) is 64.1 Å². The van der Waals surface area contributed by atoms with E-state index < -0.39 is 9.84 Å². The lowest BCUT2D eigenvalue weighted by molar-refractivity contribution is 0.135. The maximum Gasteiger partial charge on any atom is 0.179 e. The van der Waals surface area contributed by atoms with Crippen molar-refractivity contribution in [3.05, 3.63) is 28.7 Å². The number of hydrogen-bond donors (Lipinski definition) is 1. The van der Waals surface area contributed by atoms with Gasteiger partial charge in [0.15, 0.2) is 9.84 Å². The van der Waals surface area contributed by atoms with Gasteiger partial charge in [0.1, 0.15) is 0 Å². The van der Waals surface area contributed by atoms with Crippen molar-refractivity contribution in [3.63, 3.8) is 0 Å². The highest BCUT2D eigenvalue weighted by Gasteiger charge is 2.16. The normalized spacial score (nSPS) is 12.0. The van der Waals surface area contributed by atoms with Crippen molar-refractivity contribution in [2.24, 2.45) is 0 Å². The highest BCUT2D eigenvalue weighted by Crippen LogP contribution is 2.16. The van der Waals surface area contributed by atoms with E-state index in [0.717, 1.165) is 4.47 Å². The summed E-state index contributed by atoms with van der Waals surface area (Å²) in [5, 5.41) is 8.98. The zero-order valence-corrected chi connectivity index (χ0v) is 13.9. The van der Waals surface area contributed by atoms with Crippen molar-refractivity contribution in [1.29, 1.82) is 0 Å². The van der Waals surface area contributed by atoms with Gasteiger partial charge in [-0.05, 0) is 24.3 Å². The summed E-state index contributed by atoms with van der Waals surface area (Å²) in [6.45, 7) is 1.94. The molecule has 114 valence electrons. The predicted molar refractivity (Wildman–Crippen MR) is 81.6 cm³/mol. The number of hydrogen-bond acceptors (Lipinski definition) is 5. The van der Waals surface area contributed by atoms with Crippen molar-refractivity contribution in [1.82, 2.24) is 4.90 Å². The Morgan fingerprint density at radius 3 is 2.40 bits per heavy atom. The molecule has 0 heterocycles. The van der Waals surface area contributed by atoms with Crippen LogP contribution in [0.4, 0.5) is 0 Å². The number of ether oxygens (including phenoxy) is 1. The van der Waals surface area contributed by atoms with Crippen molar-refractivity contribution < 1.29 is 18.3 Å². The summed E-state index contributed by atoms with van der Waals surface area (Å²) in [4.78, 5) is 2.19. The summed E-state index contributed by atoms with van der Waals surface area (Å²) >= 11 is 3.28. The maximum absolute atomic E-state index is 12.2. The second-order valence-corrected chi connectivity index (χ2v) is 7.36. The van der Waals surface area contributed by atoms with Gasteiger partial charge < -0.3 is 9.84 Å². The van der Waals surface area contributed by atoms with Crippen molar-refractivity contribution in [2.75, 3.05) is 45.7 Å². The molecule has 0 saturated carbocycles. The average Bonchev–Trinajstić information content (AvgIpc) is 2.42. The minimum Gasteiger partial charge on any atom is -0.395 e. The van der Waals surface area contributed by atoms with Gasteiger partial charge in [0, 0.05) is 31.2 Å². The predicted octanol–water partition coefficient (Wildman–Crippen LogP) is 1.16. The average molecular weight is 366 g/mol. The molecule has 0 bridgehead atoms. The van der Waals surface area contributed by atoms with Crippen LogP contribution in [0.1, 0.15) is 0 Å². The van der Waals surface area contributed by atoms with Crippen molar-refractivity contribution >= 4 is 25.8 Å². The van der Waals surface area contributed by atoms with E-state index in [4.69, 9.17) is 9.84 Å². The summed E-state index contributed by atoms with van der Waals surface area (Å²) in [5.74, 6) is 0.0261. The Bertz CT molecular complexity index is 490. The molecule has 0 aliphatic heterocycles. The third-order valence-corrected chi connectivity index (χ3v) is 5.12. The molecule has 1 aromatic carbocycles. The third kappa shape index (κ3) is 5.88. The Labute approximate surface area is 128 Å². The van der Waals surface area contributed by atoms with Crippen LogP contribution in [0, 0.1) is 0 Å². The summed E-state index contributed by atoms with van der Waals surface area (Å²) < 4.78 is 30.2. The van der Waals surface area contributed by atoms with Gasteiger partial charge in [-0.15, -0.1) is 0 Å². The van der Waals surface area contributed by atoms with Gasteiger partial charge in [-0.1, -0.05) is 15.9 Å². The molecule has 0 aliphatic rings. The quantitative estimate of drug-likeness (QED) is 0.711. The van der Waals surface area contributed by atoms with Crippen LogP contribution in [0.2, 0.25) is 0 Å². The van der Waals surface area contributed by atoms with Crippen LogP contribution in [-0.2, 0) is 14.6 Å². The fraction of sp³-hybridized carbons (Fsp3) is 0.538. The minimum atomic E-state index is -3.30. The minimum absolute atomic E-state index is 0.00203. The number of sulfone groups is 1. The second-order valence-electron chi connectivity index (χ2n) is 4.33. The molecule has 1 rings (SSSR count). The van der Waals surface area contributed by atoms with Crippen LogP contribution in [0.15, 0.2) is 33.6 Å². The summed E-state index contributed by atoms with van der Waals surface area (Å²) in [6.07, 6.45) is 0. The Morgan fingerprint density at radius 1 is 1.20 bits per heavy atom. The first-order chi connectivity index (χ1) is 9.49. The zero-order valence-electron chi connectivity index (χ0n) is 11.5. The van der Waals surface area contributed by atoms with E-state index in [1.54, 1.807) is 31.4 Å². The SMILES string of the molecule is COCCN(CCO)CCS(=O)(=O)c1ccc(Br)cc1. The van der Waals surface area contributed by atoms with E-state index in [2.05, 4.69) is 15.9 Å². The molecular weight excluding hydrogens is 346 g/mol. The monoisotopic (exact) mass is 365 g/mol. The molecule has 0 atom stereocenters. The van der Waals surface area contributed by atoms with E-state index in [-0.39, 0.29) is 12.4 Å². The number of nitrogens with zero attached hydrogens (tertiary/aromatic N) is 1. The molecule has 7 heteroatoms. The van der Waals surface area contributed by atoms with Gasteiger partial charge in [-0.3, -0.25) is 4.90 Å². The molecule has 0 radical (unpaired) electrons. The number of aliphatic hydroxyl groups is 1. The van der Waals surface area contributed by atoms with Gasteiger partial charge in [0.05, 0.1) is 23.9 Å². The highest BCUT2D eigenvalue weighted by atomic mass is 79.9. The third-order valence-electron chi connectivity index (χ3n) is 2.88. The summed E-state index contributed by atoms with van der Waals surface area (Å²) in [6, 6.07) is 6.60. The van der Waals surface area contributed by atoms with Crippen LogP contribution < -0.4 is 0 Å². The Kier molecular flexibility index (Phi) is 7.68. The lowest BCUT2D eigenvalue weighted by atomic mass is 10.4. The molecule has 0 unspecified atom stereocenters. The molecule has 0 spiro atoms. The molecule has 0 fully saturated rings. The van der Waals surface area contributed by atoms with E-state index in [1.165, 1.54) is 0 Å². The number of aliphatic hydroxyl groups excluding tert-OH is 1. The van der Waals surface area contributed by atoms with Crippen molar-refractivity contribution in [2.45, 2.75) is 4.90 Å². The first-order valence-electron chi connectivity index (χ1n) is 6.30. The van der Waals surface area contributed by atoms with E-state index in [1.807, 2.05) is 4.90 Å². The molecule has 0 amide bonds. The molecular formula is C13H20BrNO4S. The van der Waals surface area contributed by atoms with E-state index in [9.17, 15) is 8.42 Å². The topological polar surface area (TPSA) is 66.8 Å². The molecule has 1 aromatic rings. The number of halogens is 1. The van der Waals surface area contributed by atoms with Crippen LogP contribution >= 0.6 is 15.9 Å². The number of methoxy groups -OCH3 is 1. The fourth-order valence-corrected chi connectivity index (χ4v) is 3.26. The largest absolute Gasteiger partial charge is 0.395 e. The van der Waals surface area contributed by atoms with Crippen LogP contribution in [0.3, 0.4) is 0 Å². The first-order valence-corrected chi connectivity index (χ1v) is 8.74. The molecule has 5 nitrogen and oxygen atoms in total. The first kappa shape index (κ1) is 17.6. The van der Waals surface area contributed by atoms with Crippen LogP contribution in [0.25, 0.3) is 0 Å². The molecule has 1 N–H and O–H groups in total. The smallest absolute Gasteiger partial charge is 0.179 e.